The van der Waals surface area contributed by atoms with Gasteiger partial charge in [0, 0.05) is 26.2 Å². The summed E-state index contributed by atoms with van der Waals surface area (Å²) >= 11 is 0. The SMILES string of the molecule is COc1ccc(S(=O)(=O)N2CCN(c3ccccc3S(=O)(=O)C(F)F)CC2)cc1. The Balaban J connectivity index is 1.79. The van der Waals surface area contributed by atoms with E-state index in [9.17, 15) is 25.6 Å². The molecule has 3 rings (SSSR count). The van der Waals surface area contributed by atoms with E-state index >= 15 is 0 Å². The molecular weight excluding hydrogens is 426 g/mol. The highest BCUT2D eigenvalue weighted by Gasteiger charge is 2.33. The van der Waals surface area contributed by atoms with Crippen molar-refractivity contribution in [2.75, 3.05) is 38.2 Å². The molecule has 1 aliphatic rings. The molecular formula is C18H20F2N2O5S2. The molecule has 158 valence electrons. The summed E-state index contributed by atoms with van der Waals surface area (Å²) in [4.78, 5) is 1.27. The maximum absolute atomic E-state index is 13.0. The number of ether oxygens (including phenoxy) is 1. The third-order valence-corrected chi connectivity index (χ3v) is 8.02. The standard InChI is InChI=1S/C18H20F2N2O5S2/c1-27-14-6-8-15(9-7-14)29(25,26)22-12-10-21(11-13-22)16-4-2-3-5-17(16)28(23,24)18(19)20/h2-9,18H,10-13H2,1H3. The van der Waals surface area contributed by atoms with E-state index in [2.05, 4.69) is 0 Å². The Morgan fingerprint density at radius 3 is 2.03 bits per heavy atom. The molecule has 0 aliphatic carbocycles. The normalized spacial score (nSPS) is 16.2. The first-order chi connectivity index (χ1) is 13.7. The number of hydrogen-bond donors (Lipinski definition) is 0. The van der Waals surface area contributed by atoms with E-state index in [4.69, 9.17) is 4.74 Å². The largest absolute Gasteiger partial charge is 0.497 e. The van der Waals surface area contributed by atoms with Crippen LogP contribution in [0.2, 0.25) is 0 Å². The van der Waals surface area contributed by atoms with Gasteiger partial charge in [-0.1, -0.05) is 12.1 Å². The number of sulfonamides is 1. The van der Waals surface area contributed by atoms with Gasteiger partial charge in [0.1, 0.15) is 5.75 Å². The number of rotatable bonds is 6. The maximum atomic E-state index is 13.0. The van der Waals surface area contributed by atoms with Gasteiger partial charge >= 0.3 is 5.76 Å². The topological polar surface area (TPSA) is 84.0 Å². The molecule has 0 radical (unpaired) electrons. The summed E-state index contributed by atoms with van der Waals surface area (Å²) in [6.07, 6.45) is 0. The molecule has 0 atom stereocenters. The fourth-order valence-electron chi connectivity index (χ4n) is 3.12. The molecule has 0 bridgehead atoms. The third-order valence-electron chi connectivity index (χ3n) is 4.68. The molecule has 0 amide bonds. The van der Waals surface area contributed by atoms with Crippen molar-refractivity contribution < 1.29 is 30.4 Å². The van der Waals surface area contributed by atoms with E-state index in [-0.39, 0.29) is 36.8 Å². The molecule has 7 nitrogen and oxygen atoms in total. The van der Waals surface area contributed by atoms with E-state index in [1.54, 1.807) is 23.1 Å². The molecule has 2 aromatic rings. The minimum absolute atomic E-state index is 0.0947. The highest BCUT2D eigenvalue weighted by Crippen LogP contribution is 2.30. The van der Waals surface area contributed by atoms with Gasteiger partial charge in [-0.3, -0.25) is 0 Å². The summed E-state index contributed by atoms with van der Waals surface area (Å²) in [7, 11) is -7.02. The number of halogens is 2. The van der Waals surface area contributed by atoms with Gasteiger partial charge in [-0.2, -0.15) is 13.1 Å². The monoisotopic (exact) mass is 446 g/mol. The Labute approximate surface area is 168 Å². The van der Waals surface area contributed by atoms with Crippen LogP contribution in [0.15, 0.2) is 58.3 Å². The zero-order valence-electron chi connectivity index (χ0n) is 15.5. The van der Waals surface area contributed by atoms with E-state index in [1.165, 1.54) is 35.7 Å². The van der Waals surface area contributed by atoms with Crippen molar-refractivity contribution in [1.29, 1.82) is 0 Å². The molecule has 1 fully saturated rings. The van der Waals surface area contributed by atoms with Gasteiger partial charge in [0.2, 0.25) is 19.9 Å². The second-order valence-corrected chi connectivity index (χ2v) is 10.2. The van der Waals surface area contributed by atoms with Crippen LogP contribution in [0, 0.1) is 0 Å². The van der Waals surface area contributed by atoms with E-state index < -0.39 is 30.5 Å². The first-order valence-electron chi connectivity index (χ1n) is 8.68. The van der Waals surface area contributed by atoms with Crippen molar-refractivity contribution in [2.45, 2.75) is 15.5 Å². The summed E-state index contributed by atoms with van der Waals surface area (Å²) in [6, 6.07) is 11.5. The van der Waals surface area contributed by atoms with E-state index in [0.717, 1.165) is 6.07 Å². The minimum atomic E-state index is -4.77. The Bertz CT molecular complexity index is 1070. The van der Waals surface area contributed by atoms with Crippen LogP contribution < -0.4 is 9.64 Å². The maximum Gasteiger partial charge on any atom is 0.341 e. The van der Waals surface area contributed by atoms with Crippen LogP contribution in [0.25, 0.3) is 0 Å². The first-order valence-corrected chi connectivity index (χ1v) is 11.7. The summed E-state index contributed by atoms with van der Waals surface area (Å²) < 4.78 is 81.9. The van der Waals surface area contributed by atoms with Gasteiger partial charge in [0.25, 0.3) is 0 Å². The minimum Gasteiger partial charge on any atom is -0.497 e. The number of anilines is 1. The zero-order valence-corrected chi connectivity index (χ0v) is 17.2. The Kier molecular flexibility index (Phi) is 6.11. The fourth-order valence-corrected chi connectivity index (χ4v) is 5.49. The van der Waals surface area contributed by atoms with Gasteiger partial charge in [0.05, 0.1) is 22.6 Å². The van der Waals surface area contributed by atoms with Crippen LogP contribution in [-0.2, 0) is 19.9 Å². The molecule has 11 heteroatoms. The van der Waals surface area contributed by atoms with E-state index in [1.807, 2.05) is 0 Å². The number of hydrogen-bond acceptors (Lipinski definition) is 6. The lowest BCUT2D eigenvalue weighted by atomic mass is 10.2. The molecule has 0 spiro atoms. The van der Waals surface area contributed by atoms with Crippen molar-refractivity contribution in [3.8, 4) is 5.75 Å². The van der Waals surface area contributed by atoms with Crippen LogP contribution in [0.5, 0.6) is 5.75 Å². The van der Waals surface area contributed by atoms with Crippen molar-refractivity contribution >= 4 is 25.5 Å². The lowest BCUT2D eigenvalue weighted by Gasteiger charge is -2.36. The van der Waals surface area contributed by atoms with Crippen LogP contribution in [-0.4, -0.2) is 60.2 Å². The fraction of sp³-hybridized carbons (Fsp3) is 0.333. The molecule has 0 N–H and O–H groups in total. The summed E-state index contributed by atoms with van der Waals surface area (Å²) in [5, 5.41) is 0. The van der Waals surface area contributed by atoms with Crippen LogP contribution >= 0.6 is 0 Å². The number of para-hydroxylation sites is 1. The number of benzene rings is 2. The highest BCUT2D eigenvalue weighted by atomic mass is 32.2. The zero-order chi connectivity index (χ0) is 21.2. The lowest BCUT2D eigenvalue weighted by molar-refractivity contribution is 0.234. The molecule has 2 aromatic carbocycles. The Morgan fingerprint density at radius 2 is 1.48 bits per heavy atom. The van der Waals surface area contributed by atoms with Crippen LogP contribution in [0.4, 0.5) is 14.5 Å². The van der Waals surface area contributed by atoms with Crippen LogP contribution in [0.1, 0.15) is 0 Å². The molecule has 29 heavy (non-hydrogen) atoms. The summed E-state index contributed by atoms with van der Waals surface area (Å²) in [5.41, 5.74) is 0.147. The number of methoxy groups -OCH3 is 1. The Hall–Kier alpha value is -2.24. The lowest BCUT2D eigenvalue weighted by Crippen LogP contribution is -2.49. The number of sulfone groups is 1. The van der Waals surface area contributed by atoms with Crippen molar-refractivity contribution in [1.82, 2.24) is 4.31 Å². The molecule has 1 saturated heterocycles. The van der Waals surface area contributed by atoms with Gasteiger partial charge < -0.3 is 9.64 Å². The number of piperazine rings is 1. The molecule has 0 saturated carbocycles. The van der Waals surface area contributed by atoms with Gasteiger partial charge in [0.15, 0.2) is 0 Å². The molecule has 0 aromatic heterocycles. The Morgan fingerprint density at radius 1 is 0.897 bits per heavy atom. The quantitative estimate of drug-likeness (QED) is 0.677. The third kappa shape index (κ3) is 4.21. The number of nitrogens with zero attached hydrogens (tertiary/aromatic N) is 2. The second kappa shape index (κ2) is 8.25. The van der Waals surface area contributed by atoms with Gasteiger partial charge in [-0.05, 0) is 36.4 Å². The van der Waals surface area contributed by atoms with Crippen molar-refractivity contribution in [3.63, 3.8) is 0 Å². The van der Waals surface area contributed by atoms with Crippen molar-refractivity contribution in [3.05, 3.63) is 48.5 Å². The highest BCUT2D eigenvalue weighted by molar-refractivity contribution is 7.91. The first kappa shape index (κ1) is 21.5. The molecule has 1 heterocycles. The van der Waals surface area contributed by atoms with Gasteiger partial charge in [-0.25, -0.2) is 16.8 Å². The average Bonchev–Trinajstić information content (AvgIpc) is 2.73. The summed E-state index contributed by atoms with van der Waals surface area (Å²) in [5.74, 6) is -2.99. The van der Waals surface area contributed by atoms with E-state index in [0.29, 0.717) is 5.75 Å². The average molecular weight is 446 g/mol. The number of alkyl halides is 2. The predicted octanol–water partition coefficient (Wildman–Crippen LogP) is 2.20. The van der Waals surface area contributed by atoms with Gasteiger partial charge in [-0.15, -0.1) is 0 Å². The molecule has 0 unspecified atom stereocenters. The second-order valence-electron chi connectivity index (χ2n) is 6.34. The smallest absolute Gasteiger partial charge is 0.341 e. The summed E-state index contributed by atoms with van der Waals surface area (Å²) in [6.45, 7) is 0.533. The van der Waals surface area contributed by atoms with Crippen LogP contribution in [0.3, 0.4) is 0 Å². The molecule has 1 aliphatic heterocycles. The predicted molar refractivity (Wildman–Crippen MR) is 104 cm³/mol. The van der Waals surface area contributed by atoms with Crippen molar-refractivity contribution in [2.24, 2.45) is 0 Å².